The fourth-order valence-electron chi connectivity index (χ4n) is 1.55. The number of amides is 1. The predicted octanol–water partition coefficient (Wildman–Crippen LogP) is 0.540. The summed E-state index contributed by atoms with van der Waals surface area (Å²) < 4.78 is 5.40. The zero-order chi connectivity index (χ0) is 13.5. The number of aliphatic hydroxyl groups is 1. The Morgan fingerprint density at radius 2 is 2.28 bits per heavy atom. The molecule has 1 aromatic carbocycles. The average Bonchev–Trinajstić information content (AvgIpc) is 2.31. The summed E-state index contributed by atoms with van der Waals surface area (Å²) in [6.07, 6.45) is -0.738. The molecule has 18 heavy (non-hydrogen) atoms. The van der Waals surface area contributed by atoms with Crippen LogP contribution in [0, 0.1) is 0 Å². The van der Waals surface area contributed by atoms with E-state index in [1.54, 1.807) is 18.2 Å². The molecule has 0 fully saturated rings. The summed E-state index contributed by atoms with van der Waals surface area (Å²) in [5, 5.41) is 12.5. The Bertz CT molecular complexity index is 410. The molecule has 0 radical (unpaired) electrons. The lowest BCUT2D eigenvalue weighted by Crippen LogP contribution is -2.27. The van der Waals surface area contributed by atoms with E-state index in [0.717, 1.165) is 0 Å². The summed E-state index contributed by atoms with van der Waals surface area (Å²) in [5.41, 5.74) is 3.59. The summed E-state index contributed by atoms with van der Waals surface area (Å²) in [7, 11) is 0. The number of hydrazine groups is 1. The van der Waals surface area contributed by atoms with Crippen LogP contribution in [0.3, 0.4) is 0 Å². The zero-order valence-corrected chi connectivity index (χ0v) is 10.6. The van der Waals surface area contributed by atoms with Gasteiger partial charge in [0.1, 0.15) is 5.75 Å². The van der Waals surface area contributed by atoms with Gasteiger partial charge in [0.05, 0.1) is 18.4 Å². The third kappa shape index (κ3) is 3.99. The molecule has 0 bridgehead atoms. The number of rotatable bonds is 6. The van der Waals surface area contributed by atoms with E-state index in [2.05, 4.69) is 10.7 Å². The van der Waals surface area contributed by atoms with Crippen LogP contribution in [0.4, 0.5) is 5.69 Å². The van der Waals surface area contributed by atoms with E-state index in [1.807, 2.05) is 6.92 Å². The minimum Gasteiger partial charge on any atom is -0.492 e. The van der Waals surface area contributed by atoms with Crippen LogP contribution >= 0.6 is 0 Å². The largest absolute Gasteiger partial charge is 0.492 e. The van der Waals surface area contributed by atoms with Crippen LogP contribution in [-0.2, 0) is 4.79 Å². The molecule has 1 amide bonds. The number of carbonyl (C=O) groups is 1. The molecule has 1 atom stereocenters. The van der Waals surface area contributed by atoms with Gasteiger partial charge >= 0.3 is 0 Å². The third-order valence-corrected chi connectivity index (χ3v) is 2.31. The number of carbonyl (C=O) groups excluding carboxylic acids is 1. The number of nitrogens with two attached hydrogens (primary N) is 1. The molecule has 0 aromatic heterocycles. The van der Waals surface area contributed by atoms with Crippen molar-refractivity contribution in [3.63, 3.8) is 0 Å². The number of aliphatic hydroxyl groups excluding tert-OH is 1. The van der Waals surface area contributed by atoms with Crippen LogP contribution < -0.4 is 21.3 Å². The van der Waals surface area contributed by atoms with Crippen molar-refractivity contribution in [1.82, 2.24) is 5.43 Å². The van der Waals surface area contributed by atoms with Crippen molar-refractivity contribution in [3.8, 4) is 5.75 Å². The van der Waals surface area contributed by atoms with Crippen molar-refractivity contribution >= 4 is 11.6 Å². The van der Waals surface area contributed by atoms with Crippen molar-refractivity contribution in [2.24, 2.45) is 5.84 Å². The Kier molecular flexibility index (Phi) is 5.57. The van der Waals surface area contributed by atoms with Gasteiger partial charge in [0, 0.05) is 13.5 Å². The van der Waals surface area contributed by atoms with Crippen LogP contribution in [-0.4, -0.2) is 24.2 Å². The zero-order valence-electron chi connectivity index (χ0n) is 10.6. The van der Waals surface area contributed by atoms with Crippen LogP contribution in [0.15, 0.2) is 18.2 Å². The first-order valence-electron chi connectivity index (χ1n) is 5.74. The maximum atomic E-state index is 11.1. The molecule has 1 aromatic rings. The number of nitrogens with one attached hydrogen (secondary N) is 2. The van der Waals surface area contributed by atoms with E-state index in [1.165, 1.54) is 6.92 Å². The minimum absolute atomic E-state index is 0.195. The van der Waals surface area contributed by atoms with Gasteiger partial charge in [-0.15, -0.1) is 0 Å². The number of benzene rings is 1. The van der Waals surface area contributed by atoms with Crippen LogP contribution in [0.5, 0.6) is 5.75 Å². The molecule has 5 N–H and O–H groups in total. The molecule has 0 saturated heterocycles. The highest BCUT2D eigenvalue weighted by molar-refractivity contribution is 5.90. The van der Waals surface area contributed by atoms with Crippen molar-refractivity contribution < 1.29 is 14.6 Å². The first kappa shape index (κ1) is 14.4. The summed E-state index contributed by atoms with van der Waals surface area (Å²) in [5.74, 6) is 5.54. The van der Waals surface area contributed by atoms with Gasteiger partial charge in [0.2, 0.25) is 5.91 Å². The smallest absolute Gasteiger partial charge is 0.221 e. The highest BCUT2D eigenvalue weighted by atomic mass is 16.5. The molecule has 0 aliphatic heterocycles. The second-order valence-electron chi connectivity index (χ2n) is 3.79. The maximum Gasteiger partial charge on any atom is 0.221 e. The summed E-state index contributed by atoms with van der Waals surface area (Å²) in [6.45, 7) is 4.01. The van der Waals surface area contributed by atoms with E-state index in [-0.39, 0.29) is 12.5 Å². The fraction of sp³-hybridized carbons (Fsp3) is 0.417. The lowest BCUT2D eigenvalue weighted by Gasteiger charge is -2.15. The normalized spacial score (nSPS) is 12.0. The van der Waals surface area contributed by atoms with E-state index in [0.29, 0.717) is 23.6 Å². The van der Waals surface area contributed by atoms with E-state index in [4.69, 9.17) is 10.6 Å². The van der Waals surface area contributed by atoms with Crippen molar-refractivity contribution in [2.45, 2.75) is 20.0 Å². The summed E-state index contributed by atoms with van der Waals surface area (Å²) in [6, 6.07) is 5.12. The Labute approximate surface area is 106 Å². The predicted molar refractivity (Wildman–Crippen MR) is 69.1 cm³/mol. The number of anilines is 1. The first-order chi connectivity index (χ1) is 8.58. The fourth-order valence-corrected chi connectivity index (χ4v) is 1.55. The molecule has 0 heterocycles. The highest BCUT2D eigenvalue weighted by Crippen LogP contribution is 2.28. The second-order valence-corrected chi connectivity index (χ2v) is 3.79. The van der Waals surface area contributed by atoms with Gasteiger partial charge in [0.25, 0.3) is 0 Å². The van der Waals surface area contributed by atoms with Crippen molar-refractivity contribution in [2.75, 3.05) is 18.5 Å². The van der Waals surface area contributed by atoms with E-state index < -0.39 is 6.10 Å². The summed E-state index contributed by atoms with van der Waals surface area (Å²) in [4.78, 5) is 11.1. The minimum atomic E-state index is -0.738. The second kappa shape index (κ2) is 6.95. The summed E-state index contributed by atoms with van der Waals surface area (Å²) >= 11 is 0. The van der Waals surface area contributed by atoms with Gasteiger partial charge in [-0.1, -0.05) is 6.07 Å². The van der Waals surface area contributed by atoms with Gasteiger partial charge in [-0.3, -0.25) is 16.1 Å². The number of hydrogen-bond acceptors (Lipinski definition) is 5. The number of hydrogen-bond donors (Lipinski definition) is 4. The number of ether oxygens (including phenoxy) is 1. The SMILES string of the molecule is CCOc1ccc(C(O)CNN)cc1NC(C)=O. The first-order valence-corrected chi connectivity index (χ1v) is 5.74. The quantitative estimate of drug-likeness (QED) is 0.438. The van der Waals surface area contributed by atoms with Gasteiger partial charge in [-0.05, 0) is 24.6 Å². The molecule has 100 valence electrons. The Balaban J connectivity index is 2.99. The average molecular weight is 253 g/mol. The molecule has 0 saturated carbocycles. The molecule has 1 unspecified atom stereocenters. The third-order valence-electron chi connectivity index (χ3n) is 2.31. The monoisotopic (exact) mass is 253 g/mol. The lowest BCUT2D eigenvalue weighted by atomic mass is 10.1. The van der Waals surface area contributed by atoms with Crippen LogP contribution in [0.25, 0.3) is 0 Å². The van der Waals surface area contributed by atoms with E-state index in [9.17, 15) is 9.90 Å². The molecule has 0 aliphatic carbocycles. The standard InChI is InChI=1S/C12H19N3O3/c1-3-18-12-5-4-9(11(17)7-14-13)6-10(12)15-8(2)16/h4-6,11,14,17H,3,7,13H2,1-2H3,(H,15,16). The molecule has 0 aliphatic rings. The molecular weight excluding hydrogens is 234 g/mol. The Morgan fingerprint density at radius 3 is 2.83 bits per heavy atom. The molecule has 6 nitrogen and oxygen atoms in total. The van der Waals surface area contributed by atoms with Gasteiger partial charge in [-0.25, -0.2) is 0 Å². The molecular formula is C12H19N3O3. The van der Waals surface area contributed by atoms with E-state index >= 15 is 0 Å². The van der Waals surface area contributed by atoms with Gasteiger partial charge in [-0.2, -0.15) is 0 Å². The Morgan fingerprint density at radius 1 is 1.56 bits per heavy atom. The van der Waals surface area contributed by atoms with Crippen molar-refractivity contribution in [1.29, 1.82) is 0 Å². The van der Waals surface area contributed by atoms with Crippen LogP contribution in [0.1, 0.15) is 25.5 Å². The van der Waals surface area contributed by atoms with Gasteiger partial charge in [0.15, 0.2) is 0 Å². The van der Waals surface area contributed by atoms with Crippen LogP contribution in [0.2, 0.25) is 0 Å². The Hall–Kier alpha value is -1.63. The van der Waals surface area contributed by atoms with Gasteiger partial charge < -0.3 is 15.2 Å². The lowest BCUT2D eigenvalue weighted by molar-refractivity contribution is -0.114. The molecule has 1 rings (SSSR count). The molecule has 0 spiro atoms. The maximum absolute atomic E-state index is 11.1. The topological polar surface area (TPSA) is 96.6 Å². The van der Waals surface area contributed by atoms with Crippen molar-refractivity contribution in [3.05, 3.63) is 23.8 Å². The molecule has 6 heteroatoms. The highest BCUT2D eigenvalue weighted by Gasteiger charge is 2.11.